The van der Waals surface area contributed by atoms with Crippen LogP contribution in [0, 0.1) is 6.92 Å². The lowest BCUT2D eigenvalue weighted by Crippen LogP contribution is -2.52. The molecule has 1 saturated heterocycles. The maximum absolute atomic E-state index is 12.5. The van der Waals surface area contributed by atoms with Crippen LogP contribution in [0.2, 0.25) is 0 Å². The van der Waals surface area contributed by atoms with E-state index in [1.54, 1.807) is 11.8 Å². The predicted octanol–water partition coefficient (Wildman–Crippen LogP) is 1.30. The molecular weight excluding hydrogens is 316 g/mol. The topological polar surface area (TPSA) is 75.7 Å². The fraction of sp³-hybridized carbons (Fsp3) is 0.562. The Labute approximate surface area is 137 Å². The van der Waals surface area contributed by atoms with Crippen LogP contribution in [0.1, 0.15) is 25.3 Å². The number of carbonyl (C=O) groups is 1. The SMILES string of the molecule is Cc1ccc(O[C@@H](C)C(=O)N2CCC[C@@H](NS(C)(=O)=O)C2)cc1. The molecule has 128 valence electrons. The highest BCUT2D eigenvalue weighted by Gasteiger charge is 2.28. The maximum atomic E-state index is 12.5. The highest BCUT2D eigenvalue weighted by atomic mass is 32.2. The average molecular weight is 340 g/mol. The smallest absolute Gasteiger partial charge is 0.263 e. The van der Waals surface area contributed by atoms with Gasteiger partial charge >= 0.3 is 0 Å². The predicted molar refractivity (Wildman–Crippen MR) is 88.9 cm³/mol. The molecule has 1 fully saturated rings. The monoisotopic (exact) mass is 340 g/mol. The van der Waals surface area contributed by atoms with Gasteiger partial charge in [0.05, 0.1) is 6.26 Å². The summed E-state index contributed by atoms with van der Waals surface area (Å²) >= 11 is 0. The zero-order valence-electron chi connectivity index (χ0n) is 13.8. The van der Waals surface area contributed by atoms with Gasteiger partial charge in [-0.3, -0.25) is 4.79 Å². The third-order valence-electron chi connectivity index (χ3n) is 3.80. The van der Waals surface area contributed by atoms with Gasteiger partial charge in [0.1, 0.15) is 5.75 Å². The first kappa shape index (κ1) is 17.7. The highest BCUT2D eigenvalue weighted by molar-refractivity contribution is 7.88. The van der Waals surface area contributed by atoms with Crippen LogP contribution in [0.25, 0.3) is 0 Å². The van der Waals surface area contributed by atoms with Crippen molar-refractivity contribution in [2.45, 2.75) is 38.8 Å². The van der Waals surface area contributed by atoms with E-state index in [2.05, 4.69) is 4.72 Å². The molecule has 1 N–H and O–H groups in total. The number of sulfonamides is 1. The number of nitrogens with one attached hydrogen (secondary N) is 1. The summed E-state index contributed by atoms with van der Waals surface area (Å²) in [5, 5.41) is 0. The Hall–Kier alpha value is -1.60. The zero-order valence-corrected chi connectivity index (χ0v) is 14.6. The summed E-state index contributed by atoms with van der Waals surface area (Å²) < 4.78 is 30.9. The summed E-state index contributed by atoms with van der Waals surface area (Å²) in [6, 6.07) is 7.31. The Bertz CT molecular complexity index is 643. The van der Waals surface area contributed by atoms with Gasteiger partial charge in [0.2, 0.25) is 10.0 Å². The number of likely N-dealkylation sites (tertiary alicyclic amines) is 1. The number of ether oxygens (including phenoxy) is 1. The summed E-state index contributed by atoms with van der Waals surface area (Å²) in [6.07, 6.45) is 2.05. The van der Waals surface area contributed by atoms with Crippen molar-refractivity contribution < 1.29 is 17.9 Å². The number of amides is 1. The first-order chi connectivity index (χ1) is 10.7. The van der Waals surface area contributed by atoms with E-state index in [1.165, 1.54) is 0 Å². The normalized spacial score (nSPS) is 20.1. The molecule has 1 aromatic carbocycles. The van der Waals surface area contributed by atoms with Crippen LogP contribution >= 0.6 is 0 Å². The number of piperidine rings is 1. The number of rotatable bonds is 5. The molecule has 0 radical (unpaired) electrons. The number of nitrogens with zero attached hydrogens (tertiary/aromatic N) is 1. The standard InChI is InChI=1S/C16H24N2O4S/c1-12-6-8-15(9-7-12)22-13(2)16(19)18-10-4-5-14(11-18)17-23(3,20)21/h6-9,13-14,17H,4-5,10-11H2,1-3H3/t13-,14+/m0/s1. The molecule has 0 saturated carbocycles. The minimum absolute atomic E-state index is 0.120. The van der Waals surface area contributed by atoms with E-state index in [9.17, 15) is 13.2 Å². The van der Waals surface area contributed by atoms with Crippen molar-refractivity contribution in [1.29, 1.82) is 0 Å². The van der Waals surface area contributed by atoms with Crippen molar-refractivity contribution in [2.24, 2.45) is 0 Å². The van der Waals surface area contributed by atoms with Gasteiger partial charge in [-0.25, -0.2) is 13.1 Å². The summed E-state index contributed by atoms with van der Waals surface area (Å²) in [7, 11) is -3.26. The van der Waals surface area contributed by atoms with Crippen molar-refractivity contribution in [2.75, 3.05) is 19.3 Å². The molecular formula is C16H24N2O4S. The van der Waals surface area contributed by atoms with E-state index < -0.39 is 16.1 Å². The third kappa shape index (κ3) is 5.51. The van der Waals surface area contributed by atoms with Crippen LogP contribution in [0.4, 0.5) is 0 Å². The summed E-state index contributed by atoms with van der Waals surface area (Å²) in [5.74, 6) is 0.532. The molecule has 2 atom stereocenters. The highest BCUT2D eigenvalue weighted by Crippen LogP contribution is 2.16. The molecule has 1 heterocycles. The fourth-order valence-electron chi connectivity index (χ4n) is 2.70. The second kappa shape index (κ2) is 7.31. The van der Waals surface area contributed by atoms with Gasteiger partial charge in [0.15, 0.2) is 6.10 Å². The van der Waals surface area contributed by atoms with Crippen LogP contribution in [-0.2, 0) is 14.8 Å². The molecule has 1 aliphatic rings. The average Bonchev–Trinajstić information content (AvgIpc) is 2.47. The number of hydrogen-bond donors (Lipinski definition) is 1. The second-order valence-corrected chi connectivity index (χ2v) is 7.87. The lowest BCUT2D eigenvalue weighted by atomic mass is 10.1. The van der Waals surface area contributed by atoms with Gasteiger partial charge in [-0.1, -0.05) is 17.7 Å². The van der Waals surface area contributed by atoms with E-state index >= 15 is 0 Å². The van der Waals surface area contributed by atoms with Crippen LogP contribution < -0.4 is 9.46 Å². The molecule has 0 spiro atoms. The van der Waals surface area contributed by atoms with Crippen molar-refractivity contribution >= 4 is 15.9 Å². The van der Waals surface area contributed by atoms with Gasteiger partial charge in [0, 0.05) is 19.1 Å². The molecule has 23 heavy (non-hydrogen) atoms. The molecule has 0 bridgehead atoms. The minimum atomic E-state index is -3.26. The van der Waals surface area contributed by atoms with E-state index in [0.717, 1.165) is 24.7 Å². The van der Waals surface area contributed by atoms with Gasteiger partial charge in [-0.05, 0) is 38.8 Å². The van der Waals surface area contributed by atoms with Gasteiger partial charge in [-0.2, -0.15) is 0 Å². The zero-order chi connectivity index (χ0) is 17.0. The molecule has 7 heteroatoms. The van der Waals surface area contributed by atoms with Crippen LogP contribution in [0.5, 0.6) is 5.75 Å². The van der Waals surface area contributed by atoms with E-state index in [-0.39, 0.29) is 11.9 Å². The van der Waals surface area contributed by atoms with E-state index in [0.29, 0.717) is 18.8 Å². The van der Waals surface area contributed by atoms with Gasteiger partial charge < -0.3 is 9.64 Å². The van der Waals surface area contributed by atoms with Crippen LogP contribution in [-0.4, -0.2) is 50.7 Å². The summed E-state index contributed by atoms with van der Waals surface area (Å²) in [5.41, 5.74) is 1.13. The Kier molecular flexibility index (Phi) is 5.64. The van der Waals surface area contributed by atoms with Crippen molar-refractivity contribution in [3.8, 4) is 5.75 Å². The van der Waals surface area contributed by atoms with E-state index in [1.807, 2.05) is 31.2 Å². The molecule has 1 aromatic rings. The molecule has 0 aromatic heterocycles. The molecule has 0 unspecified atom stereocenters. The first-order valence-corrected chi connectivity index (χ1v) is 9.63. The Morgan fingerprint density at radius 2 is 2.00 bits per heavy atom. The Balaban J connectivity index is 1.94. The largest absolute Gasteiger partial charge is 0.481 e. The maximum Gasteiger partial charge on any atom is 0.263 e. The first-order valence-electron chi connectivity index (χ1n) is 7.74. The van der Waals surface area contributed by atoms with Gasteiger partial charge in [-0.15, -0.1) is 0 Å². The number of hydrogen-bond acceptors (Lipinski definition) is 4. The number of benzene rings is 1. The van der Waals surface area contributed by atoms with E-state index in [4.69, 9.17) is 4.74 Å². The minimum Gasteiger partial charge on any atom is -0.481 e. The Morgan fingerprint density at radius 3 is 2.61 bits per heavy atom. The molecule has 1 amide bonds. The molecule has 1 aliphatic heterocycles. The number of aryl methyl sites for hydroxylation is 1. The Morgan fingerprint density at radius 1 is 1.35 bits per heavy atom. The second-order valence-electron chi connectivity index (χ2n) is 6.09. The number of carbonyl (C=O) groups excluding carboxylic acids is 1. The van der Waals surface area contributed by atoms with Gasteiger partial charge in [0.25, 0.3) is 5.91 Å². The molecule has 0 aliphatic carbocycles. The summed E-state index contributed by atoms with van der Waals surface area (Å²) in [4.78, 5) is 14.2. The molecule has 6 nitrogen and oxygen atoms in total. The van der Waals surface area contributed by atoms with Crippen molar-refractivity contribution in [1.82, 2.24) is 9.62 Å². The fourth-order valence-corrected chi connectivity index (χ4v) is 3.50. The van der Waals surface area contributed by atoms with Crippen molar-refractivity contribution in [3.63, 3.8) is 0 Å². The lowest BCUT2D eigenvalue weighted by molar-refractivity contribution is -0.139. The lowest BCUT2D eigenvalue weighted by Gasteiger charge is -2.34. The van der Waals surface area contributed by atoms with Crippen molar-refractivity contribution in [3.05, 3.63) is 29.8 Å². The molecule has 2 rings (SSSR count). The summed E-state index contributed by atoms with van der Waals surface area (Å²) in [6.45, 7) is 4.71. The van der Waals surface area contributed by atoms with Crippen LogP contribution in [0.15, 0.2) is 24.3 Å². The quantitative estimate of drug-likeness (QED) is 0.877. The third-order valence-corrected chi connectivity index (χ3v) is 4.56. The van der Waals surface area contributed by atoms with Crippen LogP contribution in [0.3, 0.4) is 0 Å².